The van der Waals surface area contributed by atoms with Crippen molar-refractivity contribution < 1.29 is 4.79 Å². The molecule has 0 aliphatic carbocycles. The third kappa shape index (κ3) is 2.92. The van der Waals surface area contributed by atoms with Crippen LogP contribution in [0.25, 0.3) is 5.82 Å². The van der Waals surface area contributed by atoms with E-state index in [9.17, 15) is 4.79 Å². The zero-order chi connectivity index (χ0) is 18.1. The van der Waals surface area contributed by atoms with Crippen LogP contribution in [0.3, 0.4) is 0 Å². The van der Waals surface area contributed by atoms with Crippen LogP contribution in [-0.4, -0.2) is 43.2 Å². The van der Waals surface area contributed by atoms with Crippen molar-refractivity contribution in [2.75, 3.05) is 13.1 Å². The molecule has 134 valence electrons. The van der Waals surface area contributed by atoms with Gasteiger partial charge in [0.1, 0.15) is 5.82 Å². The highest BCUT2D eigenvalue weighted by atomic mass is 16.2. The summed E-state index contributed by atoms with van der Waals surface area (Å²) in [6.07, 6.45) is 7.59. The number of nitrogens with zero attached hydrogens (tertiary/aromatic N) is 5. The number of hydrogen-bond acceptors (Lipinski definition) is 3. The Kier molecular flexibility index (Phi) is 4.32. The third-order valence-electron chi connectivity index (χ3n) is 5.12. The van der Waals surface area contributed by atoms with E-state index in [1.165, 1.54) is 0 Å². The van der Waals surface area contributed by atoms with Crippen LogP contribution in [0.1, 0.15) is 40.6 Å². The van der Waals surface area contributed by atoms with E-state index in [0.29, 0.717) is 6.54 Å². The largest absolute Gasteiger partial charge is 0.336 e. The molecular formula is C20H23N5O. The average Bonchev–Trinajstić information content (AvgIpc) is 3.30. The van der Waals surface area contributed by atoms with Gasteiger partial charge in [-0.15, -0.1) is 0 Å². The van der Waals surface area contributed by atoms with Crippen LogP contribution < -0.4 is 0 Å². The number of amides is 1. The number of rotatable bonds is 3. The van der Waals surface area contributed by atoms with Crippen LogP contribution in [-0.2, 0) is 0 Å². The van der Waals surface area contributed by atoms with E-state index in [1.807, 2.05) is 64.5 Å². The van der Waals surface area contributed by atoms with Crippen molar-refractivity contribution in [3.05, 3.63) is 65.9 Å². The van der Waals surface area contributed by atoms with Crippen LogP contribution in [0, 0.1) is 13.8 Å². The lowest BCUT2D eigenvalue weighted by molar-refractivity contribution is 0.0672. The standard InChI is InChI=1S/C20H23N5O/c1-15-13-18(16(2)25(15)19-8-3-4-9-21-19)20(26)23-11-5-7-17(14-23)24-12-6-10-22-24/h3-4,6,8-10,12-13,17H,5,7,11,14H2,1-2H3/t17-/m0/s1. The van der Waals surface area contributed by atoms with E-state index in [-0.39, 0.29) is 11.9 Å². The monoisotopic (exact) mass is 349 g/mol. The molecule has 1 aliphatic rings. The summed E-state index contributed by atoms with van der Waals surface area (Å²) < 4.78 is 4.01. The van der Waals surface area contributed by atoms with Crippen molar-refractivity contribution in [2.24, 2.45) is 0 Å². The molecule has 0 unspecified atom stereocenters. The minimum absolute atomic E-state index is 0.0946. The lowest BCUT2D eigenvalue weighted by Gasteiger charge is -2.33. The number of aromatic nitrogens is 4. The maximum atomic E-state index is 13.2. The molecule has 4 rings (SSSR count). The molecule has 1 fully saturated rings. The highest BCUT2D eigenvalue weighted by Crippen LogP contribution is 2.25. The van der Waals surface area contributed by atoms with Crippen LogP contribution in [0.2, 0.25) is 0 Å². The summed E-state index contributed by atoms with van der Waals surface area (Å²) in [4.78, 5) is 19.6. The quantitative estimate of drug-likeness (QED) is 0.730. The van der Waals surface area contributed by atoms with Crippen molar-refractivity contribution in [1.29, 1.82) is 0 Å². The average molecular weight is 349 g/mol. The van der Waals surface area contributed by atoms with Gasteiger partial charge in [-0.25, -0.2) is 4.98 Å². The molecule has 0 N–H and O–H groups in total. The zero-order valence-corrected chi connectivity index (χ0v) is 15.2. The number of piperidine rings is 1. The lowest BCUT2D eigenvalue weighted by Crippen LogP contribution is -2.41. The molecule has 0 aromatic carbocycles. The highest BCUT2D eigenvalue weighted by Gasteiger charge is 2.28. The van der Waals surface area contributed by atoms with Gasteiger partial charge in [0.2, 0.25) is 0 Å². The van der Waals surface area contributed by atoms with Gasteiger partial charge in [-0.1, -0.05) is 6.07 Å². The smallest absolute Gasteiger partial charge is 0.255 e. The van der Waals surface area contributed by atoms with Crippen molar-refractivity contribution in [1.82, 2.24) is 24.2 Å². The second-order valence-corrected chi connectivity index (χ2v) is 6.84. The van der Waals surface area contributed by atoms with Gasteiger partial charge >= 0.3 is 0 Å². The number of carbonyl (C=O) groups excluding carboxylic acids is 1. The molecule has 0 saturated carbocycles. The zero-order valence-electron chi connectivity index (χ0n) is 15.2. The van der Waals surface area contributed by atoms with Gasteiger partial charge in [-0.2, -0.15) is 5.10 Å². The van der Waals surface area contributed by atoms with Crippen molar-refractivity contribution in [3.63, 3.8) is 0 Å². The van der Waals surface area contributed by atoms with Crippen LogP contribution in [0.4, 0.5) is 0 Å². The predicted octanol–water partition coefficient (Wildman–Crippen LogP) is 3.16. The summed E-state index contributed by atoms with van der Waals surface area (Å²) in [5, 5.41) is 4.35. The van der Waals surface area contributed by atoms with Gasteiger partial charge < -0.3 is 9.47 Å². The Balaban J connectivity index is 1.61. The Morgan fingerprint density at radius 2 is 2.08 bits per heavy atom. The molecule has 1 aliphatic heterocycles. The third-order valence-corrected chi connectivity index (χ3v) is 5.12. The molecule has 4 heterocycles. The Bertz CT molecular complexity index is 898. The molecule has 0 bridgehead atoms. The second-order valence-electron chi connectivity index (χ2n) is 6.84. The Labute approximate surface area is 153 Å². The van der Waals surface area contributed by atoms with Crippen molar-refractivity contribution in [2.45, 2.75) is 32.7 Å². The van der Waals surface area contributed by atoms with Gasteiger partial charge in [0.25, 0.3) is 5.91 Å². The SMILES string of the molecule is Cc1cc(C(=O)N2CCC[C@H](n3cccn3)C2)c(C)n1-c1ccccn1. The summed E-state index contributed by atoms with van der Waals surface area (Å²) in [6.45, 7) is 5.50. The number of aryl methyl sites for hydroxylation is 1. The fourth-order valence-electron chi connectivity index (χ4n) is 3.84. The van der Waals surface area contributed by atoms with E-state index in [4.69, 9.17) is 0 Å². The highest BCUT2D eigenvalue weighted by molar-refractivity contribution is 5.96. The van der Waals surface area contributed by atoms with E-state index in [0.717, 1.165) is 42.2 Å². The fraction of sp³-hybridized carbons (Fsp3) is 0.350. The summed E-state index contributed by atoms with van der Waals surface area (Å²) in [5.41, 5.74) is 2.71. The topological polar surface area (TPSA) is 56.0 Å². The predicted molar refractivity (Wildman–Crippen MR) is 99.4 cm³/mol. The van der Waals surface area contributed by atoms with Crippen LogP contribution >= 0.6 is 0 Å². The molecule has 3 aromatic rings. The molecule has 26 heavy (non-hydrogen) atoms. The molecule has 1 atom stereocenters. The Morgan fingerprint density at radius 1 is 1.19 bits per heavy atom. The number of pyridine rings is 1. The first-order valence-corrected chi connectivity index (χ1v) is 9.04. The maximum Gasteiger partial charge on any atom is 0.255 e. The molecule has 6 heteroatoms. The van der Waals surface area contributed by atoms with E-state index in [1.54, 1.807) is 12.4 Å². The summed E-state index contributed by atoms with van der Waals surface area (Å²) in [7, 11) is 0. The van der Waals surface area contributed by atoms with E-state index >= 15 is 0 Å². The van der Waals surface area contributed by atoms with Gasteiger partial charge in [-0.05, 0) is 51.0 Å². The molecule has 3 aromatic heterocycles. The molecule has 0 spiro atoms. The first kappa shape index (κ1) is 16.6. The maximum absolute atomic E-state index is 13.2. The molecule has 1 amide bonds. The molecule has 0 radical (unpaired) electrons. The second kappa shape index (κ2) is 6.78. The number of hydrogen-bond donors (Lipinski definition) is 0. The first-order valence-electron chi connectivity index (χ1n) is 9.04. The number of likely N-dealkylation sites (tertiary alicyclic amines) is 1. The van der Waals surface area contributed by atoms with E-state index in [2.05, 4.69) is 10.1 Å². The molecular weight excluding hydrogens is 326 g/mol. The number of carbonyl (C=O) groups is 1. The molecule has 1 saturated heterocycles. The first-order chi connectivity index (χ1) is 12.6. The Hall–Kier alpha value is -2.89. The fourth-order valence-corrected chi connectivity index (χ4v) is 3.84. The summed E-state index contributed by atoms with van der Waals surface area (Å²) >= 11 is 0. The molecule has 6 nitrogen and oxygen atoms in total. The normalized spacial score (nSPS) is 17.5. The lowest BCUT2D eigenvalue weighted by atomic mass is 10.0. The van der Waals surface area contributed by atoms with Crippen molar-refractivity contribution in [3.8, 4) is 5.82 Å². The van der Waals surface area contributed by atoms with Crippen LogP contribution in [0.15, 0.2) is 48.9 Å². The van der Waals surface area contributed by atoms with Crippen LogP contribution in [0.5, 0.6) is 0 Å². The summed E-state index contributed by atoms with van der Waals surface area (Å²) in [6, 6.07) is 9.98. The van der Waals surface area contributed by atoms with Crippen molar-refractivity contribution >= 4 is 5.91 Å². The minimum Gasteiger partial charge on any atom is -0.336 e. The summed E-state index contributed by atoms with van der Waals surface area (Å²) in [5.74, 6) is 0.937. The van der Waals surface area contributed by atoms with E-state index < -0.39 is 0 Å². The Morgan fingerprint density at radius 3 is 2.81 bits per heavy atom. The van der Waals surface area contributed by atoms with Gasteiger partial charge in [0.15, 0.2) is 0 Å². The van der Waals surface area contributed by atoms with Gasteiger partial charge in [0, 0.05) is 43.1 Å². The van der Waals surface area contributed by atoms with Gasteiger partial charge in [-0.3, -0.25) is 9.48 Å². The minimum atomic E-state index is 0.0946. The van der Waals surface area contributed by atoms with Gasteiger partial charge in [0.05, 0.1) is 11.6 Å².